The van der Waals surface area contributed by atoms with Gasteiger partial charge in [0.2, 0.25) is 0 Å². The quantitative estimate of drug-likeness (QED) is 0.756. The molecule has 0 radical (unpaired) electrons. The fraction of sp³-hybridized carbons (Fsp3) is 0.867. The summed E-state index contributed by atoms with van der Waals surface area (Å²) >= 11 is 0. The predicted octanol–water partition coefficient (Wildman–Crippen LogP) is 2.59. The largest absolute Gasteiger partial charge is 0.321 e. The molecule has 1 heterocycles. The second-order valence-electron chi connectivity index (χ2n) is 5.34. The third-order valence-electron chi connectivity index (χ3n) is 4.60. The van der Waals surface area contributed by atoms with Crippen LogP contribution in [0.2, 0.25) is 0 Å². The van der Waals surface area contributed by atoms with Crippen LogP contribution in [0.25, 0.3) is 0 Å². The van der Waals surface area contributed by atoms with Gasteiger partial charge in [0.05, 0.1) is 17.9 Å². The highest BCUT2D eigenvalue weighted by molar-refractivity contribution is 5.12. The fourth-order valence-corrected chi connectivity index (χ4v) is 3.35. The van der Waals surface area contributed by atoms with Crippen molar-refractivity contribution in [3.63, 3.8) is 0 Å². The number of aryl methyl sites for hydroxylation is 1. The van der Waals surface area contributed by atoms with E-state index in [4.69, 9.17) is 5.73 Å². The summed E-state index contributed by atoms with van der Waals surface area (Å²) in [5.41, 5.74) is 7.72. The minimum Gasteiger partial charge on any atom is -0.321 e. The lowest BCUT2D eigenvalue weighted by Crippen LogP contribution is -2.55. The molecule has 1 aromatic rings. The molecule has 0 amide bonds. The van der Waals surface area contributed by atoms with Gasteiger partial charge < -0.3 is 5.73 Å². The van der Waals surface area contributed by atoms with E-state index < -0.39 is 0 Å². The highest BCUT2D eigenvalue weighted by atomic mass is 15.4. The standard InChI is InChI=1S/C15H31N5/c1-6-11-20-13(12-17-18-20)14(16)15(7-2,8-3)19(9-4)10-5/h12,14H,6-11,16H2,1-5H3. The van der Waals surface area contributed by atoms with Crippen LogP contribution in [-0.2, 0) is 6.54 Å². The van der Waals surface area contributed by atoms with Crippen LogP contribution in [0.1, 0.15) is 65.6 Å². The lowest BCUT2D eigenvalue weighted by molar-refractivity contribution is 0.0596. The normalized spacial score (nSPS) is 13.9. The number of aromatic nitrogens is 3. The smallest absolute Gasteiger partial charge is 0.0773 e. The highest BCUT2D eigenvalue weighted by Gasteiger charge is 2.40. The van der Waals surface area contributed by atoms with E-state index in [9.17, 15) is 0 Å². The van der Waals surface area contributed by atoms with Crippen LogP contribution in [0, 0.1) is 0 Å². The monoisotopic (exact) mass is 281 g/mol. The summed E-state index contributed by atoms with van der Waals surface area (Å²) in [6.45, 7) is 13.9. The molecule has 0 saturated carbocycles. The molecule has 0 aliphatic rings. The van der Waals surface area contributed by atoms with Gasteiger partial charge in [-0.25, -0.2) is 4.68 Å². The number of rotatable bonds is 9. The first-order valence-electron chi connectivity index (χ1n) is 8.00. The lowest BCUT2D eigenvalue weighted by Gasteiger charge is -2.46. The highest BCUT2D eigenvalue weighted by Crippen LogP contribution is 2.35. The molecule has 1 rings (SSSR count). The van der Waals surface area contributed by atoms with E-state index in [1.54, 1.807) is 0 Å². The van der Waals surface area contributed by atoms with Crippen LogP contribution >= 0.6 is 0 Å². The van der Waals surface area contributed by atoms with Crippen LogP contribution in [0.4, 0.5) is 0 Å². The zero-order valence-electron chi connectivity index (χ0n) is 13.8. The molecule has 116 valence electrons. The Labute approximate surface area is 123 Å². The van der Waals surface area contributed by atoms with E-state index in [1.165, 1.54) is 0 Å². The number of hydrogen-bond acceptors (Lipinski definition) is 4. The molecule has 0 fully saturated rings. The zero-order chi connectivity index (χ0) is 15.2. The van der Waals surface area contributed by atoms with Crippen LogP contribution in [0.15, 0.2) is 6.20 Å². The van der Waals surface area contributed by atoms with Gasteiger partial charge in [-0.3, -0.25) is 4.90 Å². The van der Waals surface area contributed by atoms with E-state index >= 15 is 0 Å². The van der Waals surface area contributed by atoms with E-state index in [2.05, 4.69) is 49.8 Å². The molecule has 2 N–H and O–H groups in total. The van der Waals surface area contributed by atoms with E-state index in [1.807, 2.05) is 10.9 Å². The van der Waals surface area contributed by atoms with Gasteiger partial charge in [0.25, 0.3) is 0 Å². The van der Waals surface area contributed by atoms with Crippen LogP contribution in [0.3, 0.4) is 0 Å². The third-order valence-corrected chi connectivity index (χ3v) is 4.60. The van der Waals surface area contributed by atoms with Crippen LogP contribution in [-0.4, -0.2) is 38.5 Å². The molecule has 0 aliphatic carbocycles. The zero-order valence-corrected chi connectivity index (χ0v) is 13.8. The summed E-state index contributed by atoms with van der Waals surface area (Å²) < 4.78 is 1.97. The van der Waals surface area contributed by atoms with Crippen molar-refractivity contribution in [3.8, 4) is 0 Å². The molecular weight excluding hydrogens is 250 g/mol. The second-order valence-corrected chi connectivity index (χ2v) is 5.34. The Hall–Kier alpha value is -0.940. The molecule has 20 heavy (non-hydrogen) atoms. The number of likely N-dealkylation sites (N-methyl/N-ethyl adjacent to an activating group) is 1. The Balaban J connectivity index is 3.16. The summed E-state index contributed by atoms with van der Waals surface area (Å²) in [7, 11) is 0. The molecule has 1 atom stereocenters. The van der Waals surface area contributed by atoms with Crippen molar-refractivity contribution in [3.05, 3.63) is 11.9 Å². The average molecular weight is 281 g/mol. The van der Waals surface area contributed by atoms with Crippen LogP contribution < -0.4 is 5.73 Å². The van der Waals surface area contributed by atoms with Crippen molar-refractivity contribution < 1.29 is 0 Å². The molecule has 1 aromatic heterocycles. The Morgan fingerprint density at radius 2 is 1.80 bits per heavy atom. The first-order valence-corrected chi connectivity index (χ1v) is 8.00. The van der Waals surface area contributed by atoms with E-state index in [0.29, 0.717) is 0 Å². The molecule has 5 heteroatoms. The minimum absolute atomic E-state index is 0.0172. The number of nitrogens with two attached hydrogens (primary N) is 1. The molecular formula is C15H31N5. The molecule has 0 bridgehead atoms. The molecule has 0 aliphatic heterocycles. The van der Waals surface area contributed by atoms with Gasteiger partial charge in [-0.2, -0.15) is 0 Å². The van der Waals surface area contributed by atoms with Gasteiger partial charge in [-0.05, 0) is 32.4 Å². The van der Waals surface area contributed by atoms with Gasteiger partial charge >= 0.3 is 0 Å². The van der Waals surface area contributed by atoms with Crippen molar-refractivity contribution in [2.45, 2.75) is 72.0 Å². The summed E-state index contributed by atoms with van der Waals surface area (Å²) in [5.74, 6) is 0. The number of hydrogen-bond donors (Lipinski definition) is 1. The molecule has 0 saturated heterocycles. The van der Waals surface area contributed by atoms with Gasteiger partial charge in [0, 0.05) is 12.1 Å². The van der Waals surface area contributed by atoms with E-state index in [-0.39, 0.29) is 11.6 Å². The number of nitrogens with zero attached hydrogens (tertiary/aromatic N) is 4. The molecule has 1 unspecified atom stereocenters. The van der Waals surface area contributed by atoms with Crippen molar-refractivity contribution in [2.24, 2.45) is 5.73 Å². The molecule has 0 aromatic carbocycles. The summed E-state index contributed by atoms with van der Waals surface area (Å²) in [6.07, 6.45) is 4.94. The Kier molecular flexibility index (Phi) is 6.62. The maximum atomic E-state index is 6.68. The second kappa shape index (κ2) is 7.74. The van der Waals surface area contributed by atoms with Crippen LogP contribution in [0.5, 0.6) is 0 Å². The summed E-state index contributed by atoms with van der Waals surface area (Å²) in [6, 6.07) is -0.0565. The lowest BCUT2D eigenvalue weighted by atomic mass is 9.81. The average Bonchev–Trinajstić information content (AvgIpc) is 2.92. The SMILES string of the molecule is CCCn1nncc1C(N)C(CC)(CC)N(CC)CC. The molecule has 0 spiro atoms. The van der Waals surface area contributed by atoms with Gasteiger partial charge in [-0.15, -0.1) is 5.10 Å². The van der Waals surface area contributed by atoms with Gasteiger partial charge in [0.1, 0.15) is 0 Å². The van der Waals surface area contributed by atoms with Crippen molar-refractivity contribution in [2.75, 3.05) is 13.1 Å². The Morgan fingerprint density at radius 1 is 1.20 bits per heavy atom. The Morgan fingerprint density at radius 3 is 2.25 bits per heavy atom. The maximum absolute atomic E-state index is 6.68. The summed E-state index contributed by atoms with van der Waals surface area (Å²) in [5, 5.41) is 8.26. The van der Waals surface area contributed by atoms with Gasteiger partial charge in [-0.1, -0.05) is 39.8 Å². The van der Waals surface area contributed by atoms with Crippen molar-refractivity contribution >= 4 is 0 Å². The Bertz CT molecular complexity index is 379. The summed E-state index contributed by atoms with van der Waals surface area (Å²) in [4.78, 5) is 2.49. The molecule has 5 nitrogen and oxygen atoms in total. The van der Waals surface area contributed by atoms with Crippen molar-refractivity contribution in [1.82, 2.24) is 19.9 Å². The fourth-order valence-electron chi connectivity index (χ4n) is 3.35. The maximum Gasteiger partial charge on any atom is 0.0773 e. The van der Waals surface area contributed by atoms with Crippen molar-refractivity contribution in [1.29, 1.82) is 0 Å². The predicted molar refractivity (Wildman–Crippen MR) is 83.5 cm³/mol. The van der Waals surface area contributed by atoms with E-state index in [0.717, 1.165) is 44.6 Å². The van der Waals surface area contributed by atoms with Gasteiger partial charge in [0.15, 0.2) is 0 Å². The minimum atomic E-state index is -0.0565. The first-order chi connectivity index (χ1) is 9.61. The third kappa shape index (κ3) is 3.04. The first kappa shape index (κ1) is 17.1. The topological polar surface area (TPSA) is 60.0 Å².